The first-order valence-corrected chi connectivity index (χ1v) is 11.5. The van der Waals surface area contributed by atoms with Gasteiger partial charge in [-0.15, -0.1) is 0 Å². The first kappa shape index (κ1) is 32.5. The summed E-state index contributed by atoms with van der Waals surface area (Å²) in [5.41, 5.74) is 4.71. The molecule has 1 fully saturated rings. The number of phenols is 1. The first-order valence-electron chi connectivity index (χ1n) is 11.5. The van der Waals surface area contributed by atoms with Crippen LogP contribution in [0.5, 0.6) is 5.75 Å². The molecule has 9 N–H and O–H groups in total. The summed E-state index contributed by atoms with van der Waals surface area (Å²) in [4.78, 5) is 37.5. The van der Waals surface area contributed by atoms with Gasteiger partial charge in [0, 0.05) is 39.7 Å². The predicted molar refractivity (Wildman–Crippen MR) is 137 cm³/mol. The number of aliphatic hydroxyl groups is 2. The lowest BCUT2D eigenvalue weighted by atomic mass is 9.61. The molecule has 0 saturated heterocycles. The van der Waals surface area contributed by atoms with Gasteiger partial charge in [-0.25, -0.2) is 0 Å². The van der Waals surface area contributed by atoms with Crippen LogP contribution in [0.2, 0.25) is 0 Å². The van der Waals surface area contributed by atoms with Crippen molar-refractivity contribution in [2.75, 3.05) is 18.9 Å². The number of allylic oxidation sites excluding steroid dienone is 2. The molecule has 226 valence electrons. The first-order chi connectivity index (χ1) is 17.6. The molecule has 1 aromatic rings. The molecule has 3 unspecified atom stereocenters. The second kappa shape index (κ2) is 11.0. The number of fused-ring (bicyclic) bond motifs is 3. The fourth-order valence-corrected chi connectivity index (χ4v) is 5.58. The molecule has 40 heavy (non-hydrogen) atoms. The number of rotatable bonds is 6. The van der Waals surface area contributed by atoms with Crippen LogP contribution in [0, 0.1) is 17.8 Å². The maximum absolute atomic E-state index is 13.5. The highest BCUT2D eigenvalue weighted by atomic mass is 19.4. The lowest BCUT2D eigenvalue weighted by Crippen LogP contribution is -2.45. The van der Waals surface area contributed by atoms with Crippen LogP contribution in [0.25, 0.3) is 5.76 Å². The number of primary amides is 1. The molecule has 1 saturated carbocycles. The maximum Gasteiger partial charge on any atom is 0.454 e. The van der Waals surface area contributed by atoms with Gasteiger partial charge >= 0.3 is 12.1 Å². The van der Waals surface area contributed by atoms with E-state index < -0.39 is 83.3 Å². The molecular formula is C25H34F5N3O7. The largest absolute Gasteiger partial charge is 0.511 e. The van der Waals surface area contributed by atoms with E-state index in [1.165, 1.54) is 13.1 Å². The molecule has 15 heteroatoms. The molecule has 0 bridgehead atoms. The van der Waals surface area contributed by atoms with Crippen LogP contribution >= 0.6 is 0 Å². The Bertz CT molecular complexity index is 1320. The van der Waals surface area contributed by atoms with Crippen LogP contribution in [0.3, 0.4) is 0 Å². The number of alkyl halides is 5. The Labute approximate surface area is 228 Å². The lowest BCUT2D eigenvalue weighted by molar-refractivity contribution is -0.279. The van der Waals surface area contributed by atoms with Crippen LogP contribution in [0.1, 0.15) is 39.8 Å². The zero-order chi connectivity index (χ0) is 28.3. The summed E-state index contributed by atoms with van der Waals surface area (Å²) in [5.74, 6) is -12.3. The van der Waals surface area contributed by atoms with Gasteiger partial charge in [-0.3, -0.25) is 14.4 Å². The third kappa shape index (κ3) is 5.10. The number of hydrogen-bond donors (Lipinski definition) is 6. The molecule has 0 spiro atoms. The average molecular weight is 584 g/mol. The van der Waals surface area contributed by atoms with Crippen molar-refractivity contribution in [1.82, 2.24) is 5.32 Å². The number of benzene rings is 1. The number of carbonyl (C=O) groups excluding carboxylic acids is 3. The fourth-order valence-electron chi connectivity index (χ4n) is 5.58. The van der Waals surface area contributed by atoms with E-state index in [-0.39, 0.29) is 51.7 Å². The SMILES string of the molecule is C.CNc1cc(CNCC(F)(F)C(F)(F)F)c(O)c2c1CC1CC3CC(=O)C(C(N)=O)=C(O)C3C(=O)C1=C2O.O.[HH].[HH]. The maximum atomic E-state index is 13.5. The predicted octanol–water partition coefficient (Wildman–Crippen LogP) is 2.94. The van der Waals surface area contributed by atoms with Crippen LogP contribution in [-0.4, -0.2) is 64.0 Å². The fraction of sp³-hybridized carbons (Fsp3) is 0.480. The van der Waals surface area contributed by atoms with Gasteiger partial charge in [0.05, 0.1) is 18.0 Å². The van der Waals surface area contributed by atoms with E-state index in [2.05, 4.69) is 5.32 Å². The highest BCUT2D eigenvalue weighted by Gasteiger charge is 2.57. The van der Waals surface area contributed by atoms with Crippen LogP contribution in [0.4, 0.5) is 27.6 Å². The standard InChI is InChI=1S/C24H24F5N3O6.CH4.H2O.2H2/c1-31-12-4-10(6-32-7-23(25,26)24(27,28)29)18(34)16-11(12)3-8-2-9-5-13(33)17(22(30)38)21(37)15(9)19(35)14(8)20(16)36;;;;/h4,8-9,15,31-32,34,36-37H,2-3,5-7H2,1H3,(H2,30,38);1H4;1H2;2*1H. The van der Waals surface area contributed by atoms with E-state index in [9.17, 15) is 51.7 Å². The highest BCUT2D eigenvalue weighted by Crippen LogP contribution is 2.51. The minimum absolute atomic E-state index is 0. The molecule has 1 aromatic carbocycles. The van der Waals surface area contributed by atoms with Gasteiger partial charge in [0.25, 0.3) is 5.91 Å². The van der Waals surface area contributed by atoms with Crippen molar-refractivity contribution >= 4 is 28.9 Å². The molecule has 3 aliphatic carbocycles. The van der Waals surface area contributed by atoms with Crippen molar-refractivity contribution in [1.29, 1.82) is 0 Å². The molecule has 10 nitrogen and oxygen atoms in total. The number of nitrogens with one attached hydrogen (secondary N) is 2. The zero-order valence-corrected chi connectivity index (χ0v) is 20.4. The van der Waals surface area contributed by atoms with Crippen LogP contribution < -0.4 is 16.4 Å². The number of aliphatic hydroxyl groups excluding tert-OH is 2. The molecule has 3 atom stereocenters. The van der Waals surface area contributed by atoms with Crippen LogP contribution in [-0.2, 0) is 27.3 Å². The Morgan fingerprint density at radius 3 is 2.33 bits per heavy atom. The quantitative estimate of drug-likeness (QED) is 0.167. The number of anilines is 1. The smallest absolute Gasteiger partial charge is 0.454 e. The summed E-state index contributed by atoms with van der Waals surface area (Å²) in [7, 11) is 1.49. The number of Topliss-reactive ketones (excluding diaryl/α,β-unsaturated/α-hetero) is 2. The summed E-state index contributed by atoms with van der Waals surface area (Å²) >= 11 is 0. The number of halogens is 5. The van der Waals surface area contributed by atoms with Crippen molar-refractivity contribution in [2.24, 2.45) is 23.5 Å². The second-order valence-electron chi connectivity index (χ2n) is 9.59. The van der Waals surface area contributed by atoms with Crippen molar-refractivity contribution in [3.8, 4) is 5.75 Å². The Kier molecular flexibility index (Phi) is 8.97. The van der Waals surface area contributed by atoms with Gasteiger partial charge in [0.2, 0.25) is 0 Å². The molecule has 3 aliphatic rings. The van der Waals surface area contributed by atoms with Crippen molar-refractivity contribution < 1.29 is 60.0 Å². The Morgan fingerprint density at radius 2 is 1.77 bits per heavy atom. The zero-order valence-electron chi connectivity index (χ0n) is 20.4. The van der Waals surface area contributed by atoms with E-state index in [4.69, 9.17) is 5.73 Å². The minimum Gasteiger partial charge on any atom is -0.511 e. The van der Waals surface area contributed by atoms with Gasteiger partial charge in [-0.1, -0.05) is 7.43 Å². The summed E-state index contributed by atoms with van der Waals surface area (Å²) < 4.78 is 64.0. The van der Waals surface area contributed by atoms with E-state index in [1.807, 2.05) is 5.32 Å². The number of ketones is 2. The Morgan fingerprint density at radius 1 is 1.15 bits per heavy atom. The Balaban J connectivity index is 0.00000420. The molecule has 0 aliphatic heterocycles. The topological polar surface area (TPSA) is 193 Å². The second-order valence-corrected chi connectivity index (χ2v) is 9.59. The monoisotopic (exact) mass is 583 g/mol. The van der Waals surface area contributed by atoms with E-state index in [0.29, 0.717) is 11.3 Å². The van der Waals surface area contributed by atoms with E-state index in [0.717, 1.165) is 0 Å². The molecule has 0 radical (unpaired) electrons. The normalized spacial score (nSPS) is 22.5. The molecule has 1 amide bonds. The van der Waals surface area contributed by atoms with Crippen molar-refractivity contribution in [2.45, 2.75) is 45.3 Å². The van der Waals surface area contributed by atoms with Gasteiger partial charge in [0.15, 0.2) is 11.6 Å². The van der Waals surface area contributed by atoms with Gasteiger partial charge < -0.3 is 37.2 Å². The van der Waals surface area contributed by atoms with Crippen molar-refractivity contribution in [3.05, 3.63) is 39.7 Å². The minimum atomic E-state index is -5.77. The third-order valence-corrected chi connectivity index (χ3v) is 7.31. The van der Waals surface area contributed by atoms with Crippen LogP contribution in [0.15, 0.2) is 23.0 Å². The van der Waals surface area contributed by atoms with Gasteiger partial charge in [-0.2, -0.15) is 22.0 Å². The average Bonchev–Trinajstić information content (AvgIpc) is 2.78. The summed E-state index contributed by atoms with van der Waals surface area (Å²) in [6.07, 6.45) is -5.71. The summed E-state index contributed by atoms with van der Waals surface area (Å²) in [6.45, 7) is -2.39. The molecule has 0 heterocycles. The lowest BCUT2D eigenvalue weighted by Gasteiger charge is -2.41. The summed E-state index contributed by atoms with van der Waals surface area (Å²) in [6, 6.07) is 1.33. The van der Waals surface area contributed by atoms with E-state index in [1.54, 1.807) is 0 Å². The number of phenolic OH excluding ortho intramolecular Hbond substituents is 1. The molecule has 0 aromatic heterocycles. The van der Waals surface area contributed by atoms with E-state index >= 15 is 0 Å². The Hall–Kier alpha value is -3.72. The third-order valence-electron chi connectivity index (χ3n) is 7.31. The number of hydrogen-bond acceptors (Lipinski definition) is 8. The number of amides is 1. The van der Waals surface area contributed by atoms with Crippen molar-refractivity contribution in [3.63, 3.8) is 0 Å². The number of carbonyl (C=O) groups is 3. The summed E-state index contributed by atoms with van der Waals surface area (Å²) in [5, 5.41) is 37.4. The molecule has 4 rings (SSSR count). The van der Waals surface area contributed by atoms with Gasteiger partial charge in [-0.05, 0) is 36.3 Å². The molecular weight excluding hydrogens is 549 g/mol. The van der Waals surface area contributed by atoms with Gasteiger partial charge in [0.1, 0.15) is 22.8 Å². The number of nitrogens with two attached hydrogens (primary N) is 1. The highest BCUT2D eigenvalue weighted by molar-refractivity contribution is 6.21. The number of aromatic hydroxyl groups is 1.